The first-order chi connectivity index (χ1) is 15.4. The molecule has 3 aromatic carbocycles. The van der Waals surface area contributed by atoms with E-state index < -0.39 is 10.0 Å². The molecule has 168 valence electrons. The van der Waals surface area contributed by atoms with E-state index in [4.69, 9.17) is 4.74 Å². The molecule has 6 nitrogen and oxygen atoms in total. The fraction of sp³-hybridized carbons (Fsp3) is 0.240. The van der Waals surface area contributed by atoms with Gasteiger partial charge in [0, 0.05) is 31.0 Å². The van der Waals surface area contributed by atoms with Gasteiger partial charge in [-0.3, -0.25) is 9.52 Å². The average molecular weight is 453 g/mol. The highest BCUT2D eigenvalue weighted by molar-refractivity contribution is 7.92. The lowest BCUT2D eigenvalue weighted by molar-refractivity contribution is 0.0944. The zero-order valence-electron chi connectivity index (χ0n) is 18.3. The molecule has 7 heteroatoms. The third-order valence-electron chi connectivity index (χ3n) is 4.98. The number of hydrogen-bond donors (Lipinski definition) is 2. The van der Waals surface area contributed by atoms with Gasteiger partial charge in [0.15, 0.2) is 0 Å². The summed E-state index contributed by atoms with van der Waals surface area (Å²) < 4.78 is 33.3. The van der Waals surface area contributed by atoms with Gasteiger partial charge in [-0.05, 0) is 73.4 Å². The Morgan fingerprint density at radius 2 is 1.62 bits per heavy atom. The van der Waals surface area contributed by atoms with Gasteiger partial charge in [-0.25, -0.2) is 8.42 Å². The Kier molecular flexibility index (Phi) is 8.03. The van der Waals surface area contributed by atoms with Crippen LogP contribution >= 0.6 is 0 Å². The van der Waals surface area contributed by atoms with E-state index >= 15 is 0 Å². The first-order valence-electron chi connectivity index (χ1n) is 10.6. The molecule has 0 heterocycles. The summed E-state index contributed by atoms with van der Waals surface area (Å²) in [5.41, 5.74) is 4.00. The minimum absolute atomic E-state index is 0.172. The molecule has 0 radical (unpaired) electrons. The van der Waals surface area contributed by atoms with Crippen LogP contribution in [0.15, 0.2) is 77.7 Å². The molecule has 2 N–H and O–H groups in total. The number of anilines is 1. The predicted octanol–water partition coefficient (Wildman–Crippen LogP) is 4.62. The summed E-state index contributed by atoms with van der Waals surface area (Å²) in [7, 11) is -3.74. The Balaban J connectivity index is 1.62. The summed E-state index contributed by atoms with van der Waals surface area (Å²) in [4.78, 5) is 12.3. The number of carbonyl (C=O) groups is 1. The van der Waals surface area contributed by atoms with Crippen LogP contribution < -0.4 is 10.0 Å². The van der Waals surface area contributed by atoms with E-state index in [2.05, 4.69) is 10.0 Å². The normalized spacial score (nSPS) is 11.2. The van der Waals surface area contributed by atoms with Crippen LogP contribution in [0.4, 0.5) is 5.69 Å². The standard InChI is InChI=1S/C25H28N2O4S/c1-3-31-18-6-17-26-25(28)21-9-13-22(14-10-21)27-32(29,30)23-15-11-20(12-16-23)24-8-5-4-7-19(24)2/h4-5,7-16,27H,3,6,17-18H2,1-2H3,(H,26,28). The van der Waals surface area contributed by atoms with Crippen molar-refractivity contribution >= 4 is 21.6 Å². The molecular weight excluding hydrogens is 424 g/mol. The lowest BCUT2D eigenvalue weighted by Gasteiger charge is -2.11. The maximum Gasteiger partial charge on any atom is 0.261 e. The molecule has 0 saturated carbocycles. The van der Waals surface area contributed by atoms with E-state index in [-0.39, 0.29) is 10.8 Å². The first kappa shape index (κ1) is 23.5. The molecule has 0 aliphatic carbocycles. The number of hydrogen-bond acceptors (Lipinski definition) is 4. The van der Waals surface area contributed by atoms with E-state index in [9.17, 15) is 13.2 Å². The lowest BCUT2D eigenvalue weighted by atomic mass is 10.0. The van der Waals surface area contributed by atoms with Gasteiger partial charge >= 0.3 is 0 Å². The molecule has 0 bridgehead atoms. The molecule has 0 unspecified atom stereocenters. The number of benzene rings is 3. The highest BCUT2D eigenvalue weighted by atomic mass is 32.2. The molecule has 0 atom stereocenters. The SMILES string of the molecule is CCOCCCNC(=O)c1ccc(NS(=O)(=O)c2ccc(-c3ccccc3C)cc2)cc1. The summed E-state index contributed by atoms with van der Waals surface area (Å²) >= 11 is 0. The number of sulfonamides is 1. The predicted molar refractivity (Wildman–Crippen MR) is 127 cm³/mol. The van der Waals surface area contributed by atoms with E-state index in [1.807, 2.05) is 38.1 Å². The molecule has 32 heavy (non-hydrogen) atoms. The Morgan fingerprint density at radius 1 is 0.938 bits per heavy atom. The second-order valence-corrected chi connectivity index (χ2v) is 9.01. The second kappa shape index (κ2) is 10.9. The van der Waals surface area contributed by atoms with E-state index in [1.165, 1.54) is 0 Å². The zero-order valence-corrected chi connectivity index (χ0v) is 19.1. The quantitative estimate of drug-likeness (QED) is 0.440. The van der Waals surface area contributed by atoms with Crippen molar-refractivity contribution in [3.63, 3.8) is 0 Å². The third-order valence-corrected chi connectivity index (χ3v) is 6.37. The molecule has 0 fully saturated rings. The Bertz CT molecular complexity index is 1140. The number of carbonyl (C=O) groups excluding carboxylic acids is 1. The zero-order chi connectivity index (χ0) is 23.0. The van der Waals surface area contributed by atoms with Crippen molar-refractivity contribution in [2.24, 2.45) is 0 Å². The Morgan fingerprint density at radius 3 is 2.28 bits per heavy atom. The van der Waals surface area contributed by atoms with Gasteiger partial charge in [-0.1, -0.05) is 36.4 Å². The van der Waals surface area contributed by atoms with Gasteiger partial charge in [-0.2, -0.15) is 0 Å². The molecule has 1 amide bonds. The van der Waals surface area contributed by atoms with Crippen molar-refractivity contribution < 1.29 is 17.9 Å². The maximum atomic E-state index is 12.8. The van der Waals surface area contributed by atoms with E-state index in [0.717, 1.165) is 23.1 Å². The summed E-state index contributed by atoms with van der Waals surface area (Å²) in [5, 5.41) is 2.82. The molecule has 3 aromatic rings. The molecule has 0 spiro atoms. The van der Waals surface area contributed by atoms with Gasteiger partial charge in [0.05, 0.1) is 4.90 Å². The van der Waals surface area contributed by atoms with Crippen LogP contribution in [-0.4, -0.2) is 34.1 Å². The number of rotatable bonds is 10. The number of ether oxygens (including phenoxy) is 1. The van der Waals surface area contributed by atoms with Crippen LogP contribution in [0.2, 0.25) is 0 Å². The molecular formula is C25H28N2O4S. The lowest BCUT2D eigenvalue weighted by Crippen LogP contribution is -2.25. The number of nitrogens with one attached hydrogen (secondary N) is 2. The van der Waals surface area contributed by atoms with Gasteiger partial charge in [0.25, 0.3) is 15.9 Å². The minimum Gasteiger partial charge on any atom is -0.382 e. The summed E-state index contributed by atoms with van der Waals surface area (Å²) in [6.07, 6.45) is 0.736. The fourth-order valence-electron chi connectivity index (χ4n) is 3.24. The monoisotopic (exact) mass is 452 g/mol. The molecule has 0 aliphatic rings. The second-order valence-electron chi connectivity index (χ2n) is 7.33. The van der Waals surface area contributed by atoms with Crippen LogP contribution in [0.25, 0.3) is 11.1 Å². The fourth-order valence-corrected chi connectivity index (χ4v) is 4.30. The van der Waals surface area contributed by atoms with Crippen molar-refractivity contribution in [3.8, 4) is 11.1 Å². The van der Waals surface area contributed by atoms with Gasteiger partial charge < -0.3 is 10.1 Å². The number of aryl methyl sites for hydroxylation is 1. The van der Waals surface area contributed by atoms with Crippen LogP contribution in [-0.2, 0) is 14.8 Å². The largest absolute Gasteiger partial charge is 0.382 e. The summed E-state index contributed by atoms with van der Waals surface area (Å²) in [6.45, 7) is 5.72. The molecule has 0 aliphatic heterocycles. The van der Waals surface area contributed by atoms with Crippen LogP contribution in [0.3, 0.4) is 0 Å². The van der Waals surface area contributed by atoms with Gasteiger partial charge in [-0.15, -0.1) is 0 Å². The topological polar surface area (TPSA) is 84.5 Å². The van der Waals surface area contributed by atoms with Crippen molar-refractivity contribution in [2.75, 3.05) is 24.5 Å². The van der Waals surface area contributed by atoms with Crippen molar-refractivity contribution in [3.05, 3.63) is 83.9 Å². The van der Waals surface area contributed by atoms with Crippen molar-refractivity contribution in [1.29, 1.82) is 0 Å². The molecule has 0 aromatic heterocycles. The van der Waals surface area contributed by atoms with E-state index in [0.29, 0.717) is 31.0 Å². The Hall–Kier alpha value is -3.16. The van der Waals surface area contributed by atoms with Crippen LogP contribution in [0.5, 0.6) is 0 Å². The Labute approximate surface area is 189 Å². The van der Waals surface area contributed by atoms with Crippen LogP contribution in [0.1, 0.15) is 29.3 Å². The maximum absolute atomic E-state index is 12.8. The minimum atomic E-state index is -3.74. The number of amides is 1. The summed E-state index contributed by atoms with van der Waals surface area (Å²) in [6, 6.07) is 21.1. The highest BCUT2D eigenvalue weighted by Gasteiger charge is 2.15. The highest BCUT2D eigenvalue weighted by Crippen LogP contribution is 2.25. The van der Waals surface area contributed by atoms with Crippen LogP contribution in [0, 0.1) is 6.92 Å². The molecule has 0 saturated heterocycles. The third kappa shape index (κ3) is 6.18. The average Bonchev–Trinajstić information content (AvgIpc) is 2.79. The van der Waals surface area contributed by atoms with Gasteiger partial charge in [0.1, 0.15) is 0 Å². The molecule has 3 rings (SSSR count). The summed E-state index contributed by atoms with van der Waals surface area (Å²) in [5.74, 6) is -0.206. The first-order valence-corrected chi connectivity index (χ1v) is 12.0. The van der Waals surface area contributed by atoms with Crippen molar-refractivity contribution in [2.45, 2.75) is 25.2 Å². The smallest absolute Gasteiger partial charge is 0.261 e. The van der Waals surface area contributed by atoms with Crippen molar-refractivity contribution in [1.82, 2.24) is 5.32 Å². The van der Waals surface area contributed by atoms with Gasteiger partial charge in [0.2, 0.25) is 0 Å². The van der Waals surface area contributed by atoms with E-state index in [1.54, 1.807) is 48.5 Å².